The minimum atomic E-state index is -4.87. The molecule has 10 heteroatoms. The van der Waals surface area contributed by atoms with Gasteiger partial charge in [0.1, 0.15) is 11.5 Å². The van der Waals surface area contributed by atoms with E-state index in [1.54, 1.807) is 0 Å². The third kappa shape index (κ3) is 4.17. The third-order valence-corrected chi connectivity index (χ3v) is 4.97. The van der Waals surface area contributed by atoms with Crippen molar-refractivity contribution in [3.8, 4) is 0 Å². The van der Waals surface area contributed by atoms with E-state index in [0.717, 1.165) is 18.2 Å². The quantitative estimate of drug-likeness (QED) is 0.378. The van der Waals surface area contributed by atoms with Crippen LogP contribution in [0.3, 0.4) is 0 Å². The van der Waals surface area contributed by atoms with E-state index in [4.69, 9.17) is 9.47 Å². The summed E-state index contributed by atoms with van der Waals surface area (Å²) in [4.78, 5) is 36.8. The highest BCUT2D eigenvalue weighted by Crippen LogP contribution is 2.50. The summed E-state index contributed by atoms with van der Waals surface area (Å²) in [5, 5.41) is 11.6. The highest BCUT2D eigenvalue weighted by atomic mass is 19.4. The molecule has 0 saturated heterocycles. The molecule has 0 fully saturated rings. The van der Waals surface area contributed by atoms with Crippen LogP contribution >= 0.6 is 0 Å². The normalized spacial score (nSPS) is 19.1. The molecule has 3 rings (SSSR count). The van der Waals surface area contributed by atoms with Gasteiger partial charge in [0.15, 0.2) is 0 Å². The minimum absolute atomic E-state index is 0.0730. The molecule has 2 atom stereocenters. The molecular formula is C22H20F3NO6. The first-order chi connectivity index (χ1) is 14.8. The Morgan fingerprint density at radius 2 is 1.72 bits per heavy atom. The average molecular weight is 451 g/mol. The standard InChI is InChI=1S/C22H20F3NO6/c1-20(2,3)32-19(28)21(15-10-6-5-9-14(15)18(27)31-21)17(12-26(29)30)13-8-4-7-11-16(13)22(23,24)25/h4-11,17H,12H2,1-3H3/t17-,21+/m0/s1. The van der Waals surface area contributed by atoms with E-state index in [0.29, 0.717) is 0 Å². The van der Waals surface area contributed by atoms with Gasteiger partial charge >= 0.3 is 18.1 Å². The van der Waals surface area contributed by atoms with Gasteiger partial charge in [0.2, 0.25) is 12.1 Å². The number of halogens is 3. The molecule has 2 aromatic carbocycles. The fourth-order valence-electron chi connectivity index (χ4n) is 3.80. The van der Waals surface area contributed by atoms with Gasteiger partial charge in [-0.1, -0.05) is 36.4 Å². The van der Waals surface area contributed by atoms with Crippen molar-refractivity contribution in [3.05, 3.63) is 80.9 Å². The zero-order valence-electron chi connectivity index (χ0n) is 17.4. The Labute approximate surface area is 181 Å². The SMILES string of the molecule is CC(C)(C)OC(=O)[C@@]1([C@@H](C[N+](=O)[O-])c2ccccc2C(F)(F)F)OC(=O)c2ccccc21. The Morgan fingerprint density at radius 3 is 2.31 bits per heavy atom. The number of alkyl halides is 3. The van der Waals surface area contributed by atoms with Crippen LogP contribution in [0, 0.1) is 10.1 Å². The van der Waals surface area contributed by atoms with Crippen LogP contribution in [0.2, 0.25) is 0 Å². The number of nitro groups is 1. The first kappa shape index (κ1) is 23.2. The van der Waals surface area contributed by atoms with Gasteiger partial charge in [0.25, 0.3) is 0 Å². The summed E-state index contributed by atoms with van der Waals surface area (Å²) in [6, 6.07) is 9.80. The number of esters is 2. The fraction of sp³-hybridized carbons (Fsp3) is 0.364. The Kier molecular flexibility index (Phi) is 5.75. The maximum absolute atomic E-state index is 13.8. The van der Waals surface area contributed by atoms with Gasteiger partial charge in [-0.3, -0.25) is 10.1 Å². The minimum Gasteiger partial charge on any atom is -0.457 e. The topological polar surface area (TPSA) is 95.7 Å². The number of nitrogens with zero attached hydrogens (tertiary/aromatic N) is 1. The van der Waals surface area contributed by atoms with E-state index >= 15 is 0 Å². The number of benzene rings is 2. The van der Waals surface area contributed by atoms with Crippen LogP contribution < -0.4 is 0 Å². The second-order valence-corrected chi connectivity index (χ2v) is 8.33. The predicted molar refractivity (Wildman–Crippen MR) is 105 cm³/mol. The molecule has 0 radical (unpaired) electrons. The molecule has 2 aromatic rings. The Balaban J connectivity index is 2.35. The lowest BCUT2D eigenvalue weighted by molar-refractivity contribution is -0.487. The van der Waals surface area contributed by atoms with Crippen molar-refractivity contribution in [2.24, 2.45) is 0 Å². The van der Waals surface area contributed by atoms with Gasteiger partial charge in [0.05, 0.1) is 11.1 Å². The lowest BCUT2D eigenvalue weighted by atomic mass is 9.75. The number of carbonyl (C=O) groups excluding carboxylic acids is 2. The summed E-state index contributed by atoms with van der Waals surface area (Å²) in [6.45, 7) is 3.45. The largest absolute Gasteiger partial charge is 0.457 e. The van der Waals surface area contributed by atoms with Crippen molar-refractivity contribution >= 4 is 11.9 Å². The van der Waals surface area contributed by atoms with Crippen LogP contribution in [0.4, 0.5) is 13.2 Å². The van der Waals surface area contributed by atoms with Crippen LogP contribution in [0.15, 0.2) is 48.5 Å². The van der Waals surface area contributed by atoms with Gasteiger partial charge in [-0.2, -0.15) is 13.2 Å². The number of hydrogen-bond donors (Lipinski definition) is 0. The lowest BCUT2D eigenvalue weighted by Gasteiger charge is -2.36. The Bertz CT molecular complexity index is 1080. The molecule has 0 N–H and O–H groups in total. The number of ether oxygens (including phenoxy) is 2. The van der Waals surface area contributed by atoms with E-state index in [-0.39, 0.29) is 11.1 Å². The summed E-state index contributed by atoms with van der Waals surface area (Å²) in [5.74, 6) is -3.98. The summed E-state index contributed by atoms with van der Waals surface area (Å²) in [6.07, 6.45) is -4.87. The van der Waals surface area contributed by atoms with Gasteiger partial charge in [-0.25, -0.2) is 9.59 Å². The zero-order chi connectivity index (χ0) is 23.9. The van der Waals surface area contributed by atoms with E-state index < -0.39 is 57.8 Å². The molecule has 0 amide bonds. The van der Waals surface area contributed by atoms with Crippen molar-refractivity contribution < 1.29 is 37.2 Å². The summed E-state index contributed by atoms with van der Waals surface area (Å²) < 4.78 is 52.3. The maximum atomic E-state index is 13.8. The molecule has 7 nitrogen and oxygen atoms in total. The Morgan fingerprint density at radius 1 is 1.12 bits per heavy atom. The molecule has 0 spiro atoms. The second kappa shape index (κ2) is 7.92. The van der Waals surface area contributed by atoms with E-state index in [1.807, 2.05) is 0 Å². The lowest BCUT2D eigenvalue weighted by Crippen LogP contribution is -2.48. The van der Waals surface area contributed by atoms with Crippen LogP contribution in [0.25, 0.3) is 0 Å². The zero-order valence-corrected chi connectivity index (χ0v) is 17.4. The highest BCUT2D eigenvalue weighted by Gasteiger charge is 2.61. The van der Waals surface area contributed by atoms with Gasteiger partial charge < -0.3 is 9.47 Å². The van der Waals surface area contributed by atoms with E-state index in [9.17, 15) is 32.9 Å². The first-order valence-corrected chi connectivity index (χ1v) is 9.61. The molecular weight excluding hydrogens is 431 g/mol. The van der Waals surface area contributed by atoms with E-state index in [2.05, 4.69) is 0 Å². The number of carbonyl (C=O) groups is 2. The van der Waals surface area contributed by atoms with Crippen LogP contribution in [-0.4, -0.2) is 29.0 Å². The van der Waals surface area contributed by atoms with Gasteiger partial charge in [-0.15, -0.1) is 0 Å². The molecule has 0 aromatic heterocycles. The summed E-state index contributed by atoms with van der Waals surface area (Å²) >= 11 is 0. The number of cyclic esters (lactones) is 1. The summed E-state index contributed by atoms with van der Waals surface area (Å²) in [5.41, 5.74) is -5.46. The van der Waals surface area contributed by atoms with E-state index in [1.165, 1.54) is 51.1 Å². The van der Waals surface area contributed by atoms with Crippen LogP contribution in [-0.2, 0) is 26.0 Å². The monoisotopic (exact) mass is 451 g/mol. The molecule has 0 aliphatic carbocycles. The van der Waals surface area contributed by atoms with Crippen molar-refractivity contribution in [1.29, 1.82) is 0 Å². The molecule has 1 heterocycles. The van der Waals surface area contributed by atoms with Crippen molar-refractivity contribution in [1.82, 2.24) is 0 Å². The fourth-order valence-corrected chi connectivity index (χ4v) is 3.80. The van der Waals surface area contributed by atoms with Crippen LogP contribution in [0.1, 0.15) is 53.7 Å². The molecule has 0 unspecified atom stereocenters. The molecule has 170 valence electrons. The third-order valence-electron chi connectivity index (χ3n) is 4.97. The molecule has 32 heavy (non-hydrogen) atoms. The van der Waals surface area contributed by atoms with Gasteiger partial charge in [0, 0.05) is 10.5 Å². The molecule has 0 saturated carbocycles. The van der Waals surface area contributed by atoms with Crippen molar-refractivity contribution in [2.75, 3.05) is 6.54 Å². The second-order valence-electron chi connectivity index (χ2n) is 8.33. The predicted octanol–water partition coefficient (Wildman–Crippen LogP) is 4.47. The number of hydrogen-bond acceptors (Lipinski definition) is 6. The summed E-state index contributed by atoms with van der Waals surface area (Å²) in [7, 11) is 0. The van der Waals surface area contributed by atoms with Crippen molar-refractivity contribution in [3.63, 3.8) is 0 Å². The molecule has 1 aliphatic heterocycles. The smallest absolute Gasteiger partial charge is 0.416 e. The highest BCUT2D eigenvalue weighted by molar-refractivity contribution is 6.01. The number of fused-ring (bicyclic) bond motifs is 1. The number of rotatable bonds is 5. The first-order valence-electron chi connectivity index (χ1n) is 9.61. The van der Waals surface area contributed by atoms with Crippen molar-refractivity contribution in [2.45, 2.75) is 44.1 Å². The van der Waals surface area contributed by atoms with Crippen LogP contribution in [0.5, 0.6) is 0 Å². The Hall–Kier alpha value is -3.43. The average Bonchev–Trinajstić information content (AvgIpc) is 2.98. The van der Waals surface area contributed by atoms with Gasteiger partial charge in [-0.05, 0) is 38.5 Å². The maximum Gasteiger partial charge on any atom is 0.416 e. The molecule has 1 aliphatic rings. The molecule has 0 bridgehead atoms.